The Labute approximate surface area is 167 Å². The van der Waals surface area contributed by atoms with Gasteiger partial charge in [-0.05, 0) is 31.0 Å². The lowest BCUT2D eigenvalue weighted by Gasteiger charge is -2.26. The highest BCUT2D eigenvalue weighted by Crippen LogP contribution is 2.27. The molecule has 0 bridgehead atoms. The van der Waals surface area contributed by atoms with Crippen LogP contribution < -0.4 is 15.5 Å². The molecule has 2 saturated heterocycles. The average Bonchev–Trinajstić information content (AvgIpc) is 3.23. The normalized spacial score (nSPS) is 17.8. The molecule has 28 heavy (non-hydrogen) atoms. The van der Waals surface area contributed by atoms with Gasteiger partial charge in [0.15, 0.2) is 0 Å². The molecule has 0 radical (unpaired) electrons. The van der Waals surface area contributed by atoms with Crippen molar-refractivity contribution in [2.24, 2.45) is 5.92 Å². The van der Waals surface area contributed by atoms with Gasteiger partial charge in [-0.25, -0.2) is 0 Å². The van der Waals surface area contributed by atoms with E-state index in [0.29, 0.717) is 17.8 Å². The SMILES string of the molecule is CC(C)C(=O)Nc1ccc(N2CCCC2)c(C(=O)NCCN2CCOCC2)c1. The summed E-state index contributed by atoms with van der Waals surface area (Å²) in [6.45, 7) is 10.4. The standard InChI is InChI=1S/C21H32N4O3/c1-16(2)20(26)23-17-5-6-19(25-8-3-4-9-25)18(15-17)21(27)22-7-10-24-11-13-28-14-12-24/h5-6,15-16H,3-4,7-14H2,1-2H3,(H,22,27)(H,23,26). The number of nitrogens with zero attached hydrogens (tertiary/aromatic N) is 2. The average molecular weight is 389 g/mol. The fourth-order valence-electron chi connectivity index (χ4n) is 3.56. The molecule has 2 aliphatic heterocycles. The second-order valence-corrected chi connectivity index (χ2v) is 7.78. The van der Waals surface area contributed by atoms with Crippen molar-refractivity contribution in [1.29, 1.82) is 0 Å². The first-order valence-corrected chi connectivity index (χ1v) is 10.3. The maximum atomic E-state index is 12.9. The van der Waals surface area contributed by atoms with Crippen molar-refractivity contribution in [1.82, 2.24) is 10.2 Å². The molecule has 0 spiro atoms. The maximum Gasteiger partial charge on any atom is 0.253 e. The third kappa shape index (κ3) is 5.45. The van der Waals surface area contributed by atoms with Crippen molar-refractivity contribution in [3.63, 3.8) is 0 Å². The van der Waals surface area contributed by atoms with Gasteiger partial charge in [-0.15, -0.1) is 0 Å². The molecule has 154 valence electrons. The van der Waals surface area contributed by atoms with Gasteiger partial charge in [-0.2, -0.15) is 0 Å². The largest absolute Gasteiger partial charge is 0.379 e. The summed E-state index contributed by atoms with van der Waals surface area (Å²) in [7, 11) is 0. The lowest BCUT2D eigenvalue weighted by atomic mass is 10.1. The molecule has 2 N–H and O–H groups in total. The topological polar surface area (TPSA) is 73.9 Å². The number of morpholine rings is 1. The van der Waals surface area contributed by atoms with Crippen LogP contribution in [-0.2, 0) is 9.53 Å². The van der Waals surface area contributed by atoms with Gasteiger partial charge >= 0.3 is 0 Å². The first-order chi connectivity index (χ1) is 13.5. The van der Waals surface area contributed by atoms with Gasteiger partial charge in [0.05, 0.1) is 18.8 Å². The lowest BCUT2D eigenvalue weighted by Crippen LogP contribution is -2.41. The van der Waals surface area contributed by atoms with Crippen molar-refractivity contribution in [3.05, 3.63) is 23.8 Å². The van der Waals surface area contributed by atoms with Gasteiger partial charge in [0.1, 0.15) is 0 Å². The Balaban J connectivity index is 1.69. The summed E-state index contributed by atoms with van der Waals surface area (Å²) in [5, 5.41) is 5.96. The number of hydrogen-bond donors (Lipinski definition) is 2. The van der Waals surface area contributed by atoms with Crippen LogP contribution in [0.15, 0.2) is 18.2 Å². The van der Waals surface area contributed by atoms with E-state index in [4.69, 9.17) is 4.74 Å². The second-order valence-electron chi connectivity index (χ2n) is 7.78. The Kier molecular flexibility index (Phi) is 7.28. The minimum atomic E-state index is -0.107. The highest BCUT2D eigenvalue weighted by Gasteiger charge is 2.21. The van der Waals surface area contributed by atoms with Crippen molar-refractivity contribution in [2.45, 2.75) is 26.7 Å². The molecule has 2 heterocycles. The van der Waals surface area contributed by atoms with Gasteiger partial charge in [0.25, 0.3) is 5.91 Å². The molecule has 0 atom stereocenters. The second kappa shape index (κ2) is 9.89. The molecular formula is C21H32N4O3. The van der Waals surface area contributed by atoms with Gasteiger partial charge in [-0.1, -0.05) is 13.8 Å². The van der Waals surface area contributed by atoms with Crippen LogP contribution in [0.2, 0.25) is 0 Å². The number of amides is 2. The molecule has 1 aromatic carbocycles. The zero-order valence-corrected chi connectivity index (χ0v) is 17.0. The first kappa shape index (κ1) is 20.6. The fraction of sp³-hybridized carbons (Fsp3) is 0.619. The summed E-state index contributed by atoms with van der Waals surface area (Å²) in [5.74, 6) is -0.243. The predicted molar refractivity (Wildman–Crippen MR) is 111 cm³/mol. The molecule has 0 unspecified atom stereocenters. The zero-order chi connectivity index (χ0) is 19.9. The Morgan fingerprint density at radius 1 is 1.11 bits per heavy atom. The number of hydrogen-bond acceptors (Lipinski definition) is 5. The van der Waals surface area contributed by atoms with E-state index < -0.39 is 0 Å². The monoisotopic (exact) mass is 388 g/mol. The number of benzene rings is 1. The maximum absolute atomic E-state index is 12.9. The molecule has 0 aromatic heterocycles. The van der Waals surface area contributed by atoms with E-state index in [-0.39, 0.29) is 17.7 Å². The number of anilines is 2. The van der Waals surface area contributed by atoms with Crippen LogP contribution >= 0.6 is 0 Å². The number of ether oxygens (including phenoxy) is 1. The molecule has 0 saturated carbocycles. The molecule has 7 heteroatoms. The molecule has 0 aliphatic carbocycles. The first-order valence-electron chi connectivity index (χ1n) is 10.3. The van der Waals surface area contributed by atoms with E-state index >= 15 is 0 Å². The minimum Gasteiger partial charge on any atom is -0.379 e. The van der Waals surface area contributed by atoms with E-state index in [1.807, 2.05) is 26.0 Å². The number of nitrogens with one attached hydrogen (secondary N) is 2. The van der Waals surface area contributed by atoms with Crippen molar-refractivity contribution >= 4 is 23.2 Å². The Morgan fingerprint density at radius 2 is 1.82 bits per heavy atom. The quantitative estimate of drug-likeness (QED) is 0.747. The number of carbonyl (C=O) groups is 2. The number of carbonyl (C=O) groups excluding carboxylic acids is 2. The van der Waals surface area contributed by atoms with Crippen LogP contribution in [0.25, 0.3) is 0 Å². The highest BCUT2D eigenvalue weighted by atomic mass is 16.5. The smallest absolute Gasteiger partial charge is 0.253 e. The van der Waals surface area contributed by atoms with Crippen LogP contribution in [0.3, 0.4) is 0 Å². The Bertz CT molecular complexity index is 680. The van der Waals surface area contributed by atoms with Crippen LogP contribution in [0.4, 0.5) is 11.4 Å². The lowest BCUT2D eigenvalue weighted by molar-refractivity contribution is -0.118. The summed E-state index contributed by atoms with van der Waals surface area (Å²) < 4.78 is 5.36. The van der Waals surface area contributed by atoms with Gasteiger partial charge < -0.3 is 20.3 Å². The van der Waals surface area contributed by atoms with E-state index in [9.17, 15) is 9.59 Å². The zero-order valence-electron chi connectivity index (χ0n) is 17.0. The molecule has 1 aromatic rings. The molecular weight excluding hydrogens is 356 g/mol. The third-order valence-corrected chi connectivity index (χ3v) is 5.30. The van der Waals surface area contributed by atoms with E-state index in [1.165, 1.54) is 0 Å². The molecule has 7 nitrogen and oxygen atoms in total. The molecule has 3 rings (SSSR count). The van der Waals surface area contributed by atoms with Crippen LogP contribution in [0.1, 0.15) is 37.0 Å². The summed E-state index contributed by atoms with van der Waals surface area (Å²) in [4.78, 5) is 29.5. The van der Waals surface area contributed by atoms with Crippen LogP contribution in [0.5, 0.6) is 0 Å². The van der Waals surface area contributed by atoms with E-state index in [1.54, 1.807) is 6.07 Å². The molecule has 2 amide bonds. The van der Waals surface area contributed by atoms with E-state index in [2.05, 4.69) is 20.4 Å². The molecule has 2 fully saturated rings. The van der Waals surface area contributed by atoms with Gasteiger partial charge in [-0.3, -0.25) is 14.5 Å². The van der Waals surface area contributed by atoms with Gasteiger partial charge in [0, 0.05) is 56.6 Å². The third-order valence-electron chi connectivity index (χ3n) is 5.30. The van der Waals surface area contributed by atoms with Crippen LogP contribution in [-0.4, -0.2) is 69.2 Å². The predicted octanol–water partition coefficient (Wildman–Crippen LogP) is 1.94. The van der Waals surface area contributed by atoms with Crippen molar-refractivity contribution < 1.29 is 14.3 Å². The van der Waals surface area contributed by atoms with Crippen molar-refractivity contribution in [2.75, 3.05) is 62.7 Å². The van der Waals surface area contributed by atoms with Crippen LogP contribution in [0, 0.1) is 5.92 Å². The van der Waals surface area contributed by atoms with Crippen molar-refractivity contribution in [3.8, 4) is 0 Å². The van der Waals surface area contributed by atoms with Gasteiger partial charge in [0.2, 0.25) is 5.91 Å². The fourth-order valence-corrected chi connectivity index (χ4v) is 3.56. The van der Waals surface area contributed by atoms with E-state index in [0.717, 1.165) is 64.5 Å². The summed E-state index contributed by atoms with van der Waals surface area (Å²) in [6.07, 6.45) is 2.29. The molecule has 2 aliphatic rings. The minimum absolute atomic E-state index is 0.0485. The Hall–Kier alpha value is -2.12. The highest BCUT2D eigenvalue weighted by molar-refractivity contribution is 6.02. The Morgan fingerprint density at radius 3 is 2.50 bits per heavy atom. The number of rotatable bonds is 7. The summed E-state index contributed by atoms with van der Waals surface area (Å²) >= 11 is 0. The summed E-state index contributed by atoms with van der Waals surface area (Å²) in [6, 6.07) is 5.65. The summed E-state index contributed by atoms with van der Waals surface area (Å²) in [5.41, 5.74) is 2.24.